The zero-order chi connectivity index (χ0) is 13.4. The van der Waals surface area contributed by atoms with Crippen LogP contribution >= 0.6 is 0 Å². The van der Waals surface area contributed by atoms with Crippen LogP contribution in [0.15, 0.2) is 24.3 Å². The van der Waals surface area contributed by atoms with Crippen LogP contribution in [0.5, 0.6) is 0 Å². The Morgan fingerprint density at radius 1 is 1.22 bits per heavy atom. The summed E-state index contributed by atoms with van der Waals surface area (Å²) in [7, 11) is 0. The smallest absolute Gasteiger partial charge is 0.411 e. The number of ether oxygens (including phenoxy) is 1. The Kier molecular flexibility index (Phi) is 6.05. The standard InChI is InChI=1S/C14H22N2O2/c1-4-11(3)10-15-12-6-8-13(9-7-12)16-14(17)18-5-2/h6-9,11,15H,4-5,10H2,1-3H3,(H,16,17). The molecule has 1 aromatic rings. The molecule has 0 aromatic heterocycles. The van der Waals surface area contributed by atoms with Gasteiger partial charge in [-0.15, -0.1) is 0 Å². The summed E-state index contributed by atoms with van der Waals surface area (Å²) in [6.07, 6.45) is 0.744. The number of carbonyl (C=O) groups excluding carboxylic acids is 1. The number of amides is 1. The molecule has 1 rings (SSSR count). The van der Waals surface area contributed by atoms with E-state index in [-0.39, 0.29) is 0 Å². The van der Waals surface area contributed by atoms with Crippen molar-refractivity contribution in [2.75, 3.05) is 23.8 Å². The van der Waals surface area contributed by atoms with Gasteiger partial charge in [-0.1, -0.05) is 20.3 Å². The molecule has 100 valence electrons. The van der Waals surface area contributed by atoms with Crippen molar-refractivity contribution in [1.82, 2.24) is 0 Å². The normalized spacial score (nSPS) is 11.7. The van der Waals surface area contributed by atoms with Gasteiger partial charge in [-0.25, -0.2) is 4.79 Å². The number of anilines is 2. The van der Waals surface area contributed by atoms with Crippen LogP contribution in [0.3, 0.4) is 0 Å². The summed E-state index contributed by atoms with van der Waals surface area (Å²) in [5.41, 5.74) is 1.80. The molecule has 0 saturated carbocycles. The van der Waals surface area contributed by atoms with Crippen molar-refractivity contribution in [2.24, 2.45) is 5.92 Å². The van der Waals surface area contributed by atoms with Gasteiger partial charge in [0, 0.05) is 17.9 Å². The monoisotopic (exact) mass is 250 g/mol. The van der Waals surface area contributed by atoms with Crippen LogP contribution in [-0.4, -0.2) is 19.2 Å². The van der Waals surface area contributed by atoms with Gasteiger partial charge in [0.2, 0.25) is 0 Å². The third-order valence-corrected chi connectivity index (χ3v) is 2.76. The van der Waals surface area contributed by atoms with Crippen LogP contribution in [0.2, 0.25) is 0 Å². The number of nitrogens with one attached hydrogen (secondary N) is 2. The van der Waals surface area contributed by atoms with Gasteiger partial charge in [-0.2, -0.15) is 0 Å². The Labute approximate surface area is 109 Å². The second-order valence-corrected chi connectivity index (χ2v) is 4.32. The Hall–Kier alpha value is -1.71. The Balaban J connectivity index is 2.44. The van der Waals surface area contributed by atoms with E-state index in [1.54, 1.807) is 6.92 Å². The van der Waals surface area contributed by atoms with Gasteiger partial charge in [0.15, 0.2) is 0 Å². The van der Waals surface area contributed by atoms with E-state index in [0.717, 1.165) is 24.3 Å². The summed E-state index contributed by atoms with van der Waals surface area (Å²) in [5, 5.41) is 6.01. The zero-order valence-electron chi connectivity index (χ0n) is 11.3. The Morgan fingerprint density at radius 3 is 2.39 bits per heavy atom. The topological polar surface area (TPSA) is 50.4 Å². The van der Waals surface area contributed by atoms with Crippen LogP contribution in [0.1, 0.15) is 27.2 Å². The maximum atomic E-state index is 11.2. The summed E-state index contributed by atoms with van der Waals surface area (Å²) in [5.74, 6) is 0.655. The summed E-state index contributed by atoms with van der Waals surface area (Å²) >= 11 is 0. The second kappa shape index (κ2) is 7.58. The second-order valence-electron chi connectivity index (χ2n) is 4.32. The molecule has 4 nitrogen and oxygen atoms in total. The molecule has 0 aliphatic carbocycles. The van der Waals surface area contributed by atoms with Crippen LogP contribution in [0, 0.1) is 5.92 Å². The minimum atomic E-state index is -0.419. The first-order valence-electron chi connectivity index (χ1n) is 6.43. The molecule has 4 heteroatoms. The van der Waals surface area contributed by atoms with E-state index in [4.69, 9.17) is 4.74 Å². The van der Waals surface area contributed by atoms with Crippen molar-refractivity contribution in [3.8, 4) is 0 Å². The third kappa shape index (κ3) is 5.08. The highest BCUT2D eigenvalue weighted by atomic mass is 16.5. The van der Waals surface area contributed by atoms with Gasteiger partial charge in [-0.3, -0.25) is 5.32 Å². The fourth-order valence-electron chi connectivity index (χ4n) is 1.39. The molecule has 2 N–H and O–H groups in total. The van der Waals surface area contributed by atoms with Crippen molar-refractivity contribution in [1.29, 1.82) is 0 Å². The van der Waals surface area contributed by atoms with Gasteiger partial charge in [0.1, 0.15) is 0 Å². The quantitative estimate of drug-likeness (QED) is 0.809. The minimum absolute atomic E-state index is 0.375. The van der Waals surface area contributed by atoms with E-state index in [9.17, 15) is 4.79 Å². The van der Waals surface area contributed by atoms with Gasteiger partial charge < -0.3 is 10.1 Å². The van der Waals surface area contributed by atoms with E-state index in [1.807, 2.05) is 24.3 Å². The Morgan fingerprint density at radius 2 is 1.83 bits per heavy atom. The van der Waals surface area contributed by atoms with Crippen molar-refractivity contribution >= 4 is 17.5 Å². The van der Waals surface area contributed by atoms with Gasteiger partial charge in [0.25, 0.3) is 0 Å². The zero-order valence-corrected chi connectivity index (χ0v) is 11.3. The number of rotatable bonds is 6. The van der Waals surface area contributed by atoms with E-state index in [1.165, 1.54) is 0 Å². The molecule has 1 unspecified atom stereocenters. The average Bonchev–Trinajstić information content (AvgIpc) is 2.37. The lowest BCUT2D eigenvalue weighted by Crippen LogP contribution is -2.13. The van der Waals surface area contributed by atoms with Crippen molar-refractivity contribution < 1.29 is 9.53 Å². The fourth-order valence-corrected chi connectivity index (χ4v) is 1.39. The van der Waals surface area contributed by atoms with Crippen LogP contribution in [0.4, 0.5) is 16.2 Å². The summed E-state index contributed by atoms with van der Waals surface area (Å²) in [6.45, 7) is 7.51. The van der Waals surface area contributed by atoms with E-state index >= 15 is 0 Å². The van der Waals surface area contributed by atoms with Gasteiger partial charge in [0.05, 0.1) is 6.61 Å². The highest BCUT2D eigenvalue weighted by molar-refractivity contribution is 5.84. The number of carbonyl (C=O) groups is 1. The molecular formula is C14H22N2O2. The van der Waals surface area contributed by atoms with E-state index < -0.39 is 6.09 Å². The maximum Gasteiger partial charge on any atom is 0.411 e. The van der Waals surface area contributed by atoms with E-state index in [2.05, 4.69) is 24.5 Å². The first-order chi connectivity index (χ1) is 8.65. The molecule has 1 aromatic carbocycles. The molecule has 0 saturated heterocycles. The molecule has 18 heavy (non-hydrogen) atoms. The largest absolute Gasteiger partial charge is 0.450 e. The van der Waals surface area contributed by atoms with Crippen LogP contribution in [-0.2, 0) is 4.74 Å². The van der Waals surface area contributed by atoms with E-state index in [0.29, 0.717) is 12.5 Å². The highest BCUT2D eigenvalue weighted by Gasteiger charge is 2.02. The fraction of sp³-hybridized carbons (Fsp3) is 0.500. The Bertz CT molecular complexity index is 363. The predicted molar refractivity (Wildman–Crippen MR) is 75.0 cm³/mol. The molecule has 1 atom stereocenters. The first kappa shape index (κ1) is 14.4. The molecule has 0 radical (unpaired) electrons. The molecule has 0 aliphatic rings. The molecular weight excluding hydrogens is 228 g/mol. The summed E-state index contributed by atoms with van der Waals surface area (Å²) < 4.78 is 4.80. The lowest BCUT2D eigenvalue weighted by Gasteiger charge is -2.12. The highest BCUT2D eigenvalue weighted by Crippen LogP contribution is 2.14. The maximum absolute atomic E-state index is 11.2. The number of benzene rings is 1. The lowest BCUT2D eigenvalue weighted by molar-refractivity contribution is 0.168. The average molecular weight is 250 g/mol. The summed E-state index contributed by atoms with van der Waals surface area (Å²) in [6, 6.07) is 7.61. The van der Waals surface area contributed by atoms with Crippen molar-refractivity contribution in [2.45, 2.75) is 27.2 Å². The van der Waals surface area contributed by atoms with Crippen LogP contribution in [0.25, 0.3) is 0 Å². The number of hydrogen-bond acceptors (Lipinski definition) is 3. The molecule has 0 spiro atoms. The van der Waals surface area contributed by atoms with Crippen molar-refractivity contribution in [3.63, 3.8) is 0 Å². The molecule has 0 aliphatic heterocycles. The van der Waals surface area contributed by atoms with Gasteiger partial charge >= 0.3 is 6.09 Å². The minimum Gasteiger partial charge on any atom is -0.450 e. The molecule has 0 heterocycles. The molecule has 0 bridgehead atoms. The summed E-state index contributed by atoms with van der Waals surface area (Å²) in [4.78, 5) is 11.2. The number of hydrogen-bond donors (Lipinski definition) is 2. The van der Waals surface area contributed by atoms with Gasteiger partial charge in [-0.05, 0) is 37.1 Å². The van der Waals surface area contributed by atoms with Crippen molar-refractivity contribution in [3.05, 3.63) is 24.3 Å². The first-order valence-corrected chi connectivity index (χ1v) is 6.43. The third-order valence-electron chi connectivity index (χ3n) is 2.76. The van der Waals surface area contributed by atoms with Crippen LogP contribution < -0.4 is 10.6 Å². The molecule has 1 amide bonds. The SMILES string of the molecule is CCOC(=O)Nc1ccc(NCC(C)CC)cc1. The predicted octanol–water partition coefficient (Wildman–Crippen LogP) is 3.71. The lowest BCUT2D eigenvalue weighted by atomic mass is 10.1. The molecule has 0 fully saturated rings.